The molecule has 2 aromatic carbocycles. The van der Waals surface area contributed by atoms with Crippen LogP contribution in [0.4, 0.5) is 17.5 Å². The molecule has 0 fully saturated rings. The van der Waals surface area contributed by atoms with E-state index in [1.165, 1.54) is 0 Å². The van der Waals surface area contributed by atoms with E-state index in [4.69, 9.17) is 10.5 Å². The van der Waals surface area contributed by atoms with Gasteiger partial charge in [0.2, 0.25) is 5.95 Å². The molecule has 0 bridgehead atoms. The minimum Gasteiger partial charge on any atom is -0.494 e. The van der Waals surface area contributed by atoms with Crippen molar-refractivity contribution in [2.45, 2.75) is 6.92 Å². The lowest BCUT2D eigenvalue weighted by Crippen LogP contribution is -2.03. The summed E-state index contributed by atoms with van der Waals surface area (Å²) in [6, 6.07) is 13.7. The first kappa shape index (κ1) is 13.2. The molecule has 106 valence electrons. The molecular weight excluding hydrogens is 264 g/mol. The monoisotopic (exact) mass is 280 g/mol. The van der Waals surface area contributed by atoms with Crippen molar-refractivity contribution in [3.63, 3.8) is 0 Å². The van der Waals surface area contributed by atoms with E-state index in [0.29, 0.717) is 17.1 Å². The summed E-state index contributed by atoms with van der Waals surface area (Å²) in [6.45, 7) is 2.04. The molecule has 3 rings (SSSR count). The summed E-state index contributed by atoms with van der Waals surface area (Å²) in [7, 11) is 1.61. The smallest absolute Gasteiger partial charge is 0.222 e. The Hall–Kier alpha value is -2.82. The second-order valence-electron chi connectivity index (χ2n) is 4.73. The van der Waals surface area contributed by atoms with Crippen molar-refractivity contribution in [2.75, 3.05) is 18.2 Å². The van der Waals surface area contributed by atoms with Crippen LogP contribution in [0.5, 0.6) is 5.75 Å². The molecule has 0 amide bonds. The van der Waals surface area contributed by atoms with Crippen molar-refractivity contribution >= 4 is 28.4 Å². The van der Waals surface area contributed by atoms with Crippen molar-refractivity contribution in [3.05, 3.63) is 48.0 Å². The molecule has 1 heterocycles. The Balaban J connectivity index is 2.16. The van der Waals surface area contributed by atoms with Crippen LogP contribution >= 0.6 is 0 Å². The number of nitrogens with one attached hydrogen (secondary N) is 1. The molecule has 0 saturated carbocycles. The first-order chi connectivity index (χ1) is 10.2. The fourth-order valence-corrected chi connectivity index (χ4v) is 2.24. The second kappa shape index (κ2) is 5.28. The zero-order chi connectivity index (χ0) is 14.8. The van der Waals surface area contributed by atoms with Gasteiger partial charge < -0.3 is 15.8 Å². The minimum atomic E-state index is 0.211. The number of para-hydroxylation sites is 2. The van der Waals surface area contributed by atoms with Gasteiger partial charge in [-0.3, -0.25) is 0 Å². The van der Waals surface area contributed by atoms with Gasteiger partial charge in [0, 0.05) is 11.1 Å². The summed E-state index contributed by atoms with van der Waals surface area (Å²) in [5.74, 6) is 1.56. The van der Waals surface area contributed by atoms with Crippen LogP contribution in [0, 0.1) is 6.92 Å². The van der Waals surface area contributed by atoms with Crippen LogP contribution in [0.3, 0.4) is 0 Å². The maximum atomic E-state index is 5.82. The van der Waals surface area contributed by atoms with Gasteiger partial charge in [0.15, 0.2) is 0 Å². The van der Waals surface area contributed by atoms with Crippen molar-refractivity contribution < 1.29 is 4.74 Å². The molecule has 3 N–H and O–H groups in total. The van der Waals surface area contributed by atoms with Gasteiger partial charge in [0.25, 0.3) is 0 Å². The SMILES string of the molecule is COc1cccc2c(Nc3ccccc3C)nc(N)nc12. The molecular formula is C16H16N4O. The maximum Gasteiger partial charge on any atom is 0.222 e. The third kappa shape index (κ3) is 2.45. The summed E-state index contributed by atoms with van der Waals surface area (Å²) in [5.41, 5.74) is 8.64. The highest BCUT2D eigenvalue weighted by molar-refractivity contribution is 5.95. The maximum absolute atomic E-state index is 5.82. The highest BCUT2D eigenvalue weighted by atomic mass is 16.5. The molecule has 0 aliphatic heterocycles. The van der Waals surface area contributed by atoms with E-state index in [1.54, 1.807) is 7.11 Å². The summed E-state index contributed by atoms with van der Waals surface area (Å²) in [6.07, 6.45) is 0. The van der Waals surface area contributed by atoms with Crippen molar-refractivity contribution in [1.82, 2.24) is 9.97 Å². The molecule has 1 aromatic heterocycles. The summed E-state index contributed by atoms with van der Waals surface area (Å²) in [4.78, 5) is 8.59. The van der Waals surface area contributed by atoms with Crippen molar-refractivity contribution in [3.8, 4) is 5.75 Å². The molecule has 0 spiro atoms. The van der Waals surface area contributed by atoms with Crippen LogP contribution in [0.1, 0.15) is 5.56 Å². The zero-order valence-corrected chi connectivity index (χ0v) is 11.9. The predicted molar refractivity (Wildman–Crippen MR) is 85.0 cm³/mol. The number of nitrogens with zero attached hydrogens (tertiary/aromatic N) is 2. The number of hydrogen-bond donors (Lipinski definition) is 2. The van der Waals surface area contributed by atoms with Gasteiger partial charge in [-0.1, -0.05) is 24.3 Å². The van der Waals surface area contributed by atoms with E-state index >= 15 is 0 Å². The number of fused-ring (bicyclic) bond motifs is 1. The van der Waals surface area contributed by atoms with Crippen LogP contribution in [0.25, 0.3) is 10.9 Å². The number of ether oxygens (including phenoxy) is 1. The Morgan fingerprint density at radius 3 is 2.62 bits per heavy atom. The number of anilines is 3. The summed E-state index contributed by atoms with van der Waals surface area (Å²) in [5, 5.41) is 4.19. The predicted octanol–water partition coefficient (Wildman–Crippen LogP) is 3.27. The van der Waals surface area contributed by atoms with Crippen LogP contribution in [0.2, 0.25) is 0 Å². The van der Waals surface area contributed by atoms with E-state index in [1.807, 2.05) is 49.4 Å². The number of rotatable bonds is 3. The molecule has 3 aromatic rings. The number of methoxy groups -OCH3 is 1. The Morgan fingerprint density at radius 2 is 1.86 bits per heavy atom. The lowest BCUT2D eigenvalue weighted by Gasteiger charge is -2.12. The van der Waals surface area contributed by atoms with Gasteiger partial charge in [-0.05, 0) is 30.7 Å². The first-order valence-corrected chi connectivity index (χ1v) is 6.62. The number of nitrogens with two attached hydrogens (primary N) is 1. The fourth-order valence-electron chi connectivity index (χ4n) is 2.24. The molecule has 5 heteroatoms. The normalized spacial score (nSPS) is 10.6. The number of nitrogen functional groups attached to an aromatic ring is 1. The van der Waals surface area contributed by atoms with Crippen molar-refractivity contribution in [2.24, 2.45) is 0 Å². The topological polar surface area (TPSA) is 73.1 Å². The quantitative estimate of drug-likeness (QED) is 0.770. The largest absolute Gasteiger partial charge is 0.494 e. The van der Waals surface area contributed by atoms with E-state index < -0.39 is 0 Å². The number of benzene rings is 2. The molecule has 0 saturated heterocycles. The Morgan fingerprint density at radius 1 is 1.05 bits per heavy atom. The highest BCUT2D eigenvalue weighted by Crippen LogP contribution is 2.30. The second-order valence-corrected chi connectivity index (χ2v) is 4.73. The molecule has 5 nitrogen and oxygen atoms in total. The molecule has 0 atom stereocenters. The van der Waals surface area contributed by atoms with Crippen LogP contribution in [-0.4, -0.2) is 17.1 Å². The molecule has 0 aliphatic carbocycles. The Bertz CT molecular complexity index is 801. The van der Waals surface area contributed by atoms with E-state index in [9.17, 15) is 0 Å². The lowest BCUT2D eigenvalue weighted by molar-refractivity contribution is 0.419. The van der Waals surface area contributed by atoms with Gasteiger partial charge in [0.1, 0.15) is 17.1 Å². The van der Waals surface area contributed by atoms with E-state index in [2.05, 4.69) is 15.3 Å². The summed E-state index contributed by atoms with van der Waals surface area (Å²) >= 11 is 0. The molecule has 0 unspecified atom stereocenters. The summed E-state index contributed by atoms with van der Waals surface area (Å²) < 4.78 is 5.34. The Kier molecular flexibility index (Phi) is 3.31. The Labute approximate surface area is 122 Å². The van der Waals surface area contributed by atoms with Crippen molar-refractivity contribution in [1.29, 1.82) is 0 Å². The molecule has 0 aliphatic rings. The highest BCUT2D eigenvalue weighted by Gasteiger charge is 2.11. The van der Waals surface area contributed by atoms with Gasteiger partial charge in [-0.15, -0.1) is 0 Å². The third-order valence-corrected chi connectivity index (χ3v) is 3.32. The minimum absolute atomic E-state index is 0.211. The average molecular weight is 280 g/mol. The van der Waals surface area contributed by atoms with Crippen LogP contribution in [0.15, 0.2) is 42.5 Å². The first-order valence-electron chi connectivity index (χ1n) is 6.62. The zero-order valence-electron chi connectivity index (χ0n) is 11.9. The standard InChI is InChI=1S/C16H16N4O/c1-10-6-3-4-8-12(10)18-15-11-7-5-9-13(21-2)14(11)19-16(17)20-15/h3-9H,1-2H3,(H3,17,18,19,20). The fraction of sp³-hybridized carbons (Fsp3) is 0.125. The number of aryl methyl sites for hydroxylation is 1. The van der Waals surface area contributed by atoms with Gasteiger partial charge in [0.05, 0.1) is 7.11 Å². The van der Waals surface area contributed by atoms with E-state index in [-0.39, 0.29) is 5.95 Å². The number of hydrogen-bond acceptors (Lipinski definition) is 5. The number of aromatic nitrogens is 2. The third-order valence-electron chi connectivity index (χ3n) is 3.32. The van der Waals surface area contributed by atoms with Crippen LogP contribution < -0.4 is 15.8 Å². The van der Waals surface area contributed by atoms with E-state index in [0.717, 1.165) is 16.6 Å². The van der Waals surface area contributed by atoms with Crippen LogP contribution in [-0.2, 0) is 0 Å². The van der Waals surface area contributed by atoms with Gasteiger partial charge in [-0.25, -0.2) is 4.98 Å². The van der Waals surface area contributed by atoms with Gasteiger partial charge >= 0.3 is 0 Å². The molecule has 21 heavy (non-hydrogen) atoms. The van der Waals surface area contributed by atoms with Gasteiger partial charge in [-0.2, -0.15) is 4.98 Å². The molecule has 0 radical (unpaired) electrons. The average Bonchev–Trinajstić information content (AvgIpc) is 2.49. The lowest BCUT2D eigenvalue weighted by atomic mass is 10.2.